The molecule has 0 radical (unpaired) electrons. The molecule has 1 fully saturated rings. The Hall–Kier alpha value is -0.710. The molecule has 1 heterocycles. The van der Waals surface area contributed by atoms with Crippen LogP contribution in [0.25, 0.3) is 0 Å². The summed E-state index contributed by atoms with van der Waals surface area (Å²) in [5.41, 5.74) is 0. The predicted octanol–water partition coefficient (Wildman–Crippen LogP) is 1.37. The van der Waals surface area contributed by atoms with Crippen molar-refractivity contribution in [3.63, 3.8) is 0 Å². The third-order valence-electron chi connectivity index (χ3n) is 2.52. The van der Waals surface area contributed by atoms with Gasteiger partial charge in [-0.15, -0.1) is 0 Å². The maximum Gasteiger partial charge on any atom is 0.326 e. The smallest absolute Gasteiger partial charge is 0.318 e. The molecule has 0 aromatic rings. The van der Waals surface area contributed by atoms with Gasteiger partial charge in [0.05, 0.1) is 0 Å². The standard InChI is InChI=1S/C10H18N2O2S/c1-11-8-9(13)12(10(11)14)6-4-2-3-5-7-15/h15H,2-8H2,1H3. The molecule has 0 bridgehead atoms. The Kier molecular flexibility index (Phi) is 4.94. The summed E-state index contributed by atoms with van der Waals surface area (Å²) in [6.45, 7) is 0.796. The molecule has 1 aliphatic heterocycles. The number of amides is 3. The molecule has 15 heavy (non-hydrogen) atoms. The topological polar surface area (TPSA) is 40.6 Å². The minimum atomic E-state index is -0.158. The van der Waals surface area contributed by atoms with Gasteiger partial charge in [-0.2, -0.15) is 12.6 Å². The van der Waals surface area contributed by atoms with E-state index in [-0.39, 0.29) is 18.5 Å². The second-order valence-corrected chi connectivity index (χ2v) is 4.27. The fraction of sp³-hybridized carbons (Fsp3) is 0.800. The number of nitrogens with zero attached hydrogens (tertiary/aromatic N) is 2. The van der Waals surface area contributed by atoms with E-state index in [2.05, 4.69) is 12.6 Å². The molecule has 4 nitrogen and oxygen atoms in total. The summed E-state index contributed by atoms with van der Waals surface area (Å²) in [5.74, 6) is 0.835. The summed E-state index contributed by atoms with van der Waals surface area (Å²) in [5, 5.41) is 0. The van der Waals surface area contributed by atoms with Crippen molar-refractivity contribution < 1.29 is 9.59 Å². The van der Waals surface area contributed by atoms with Gasteiger partial charge in [-0.3, -0.25) is 9.69 Å². The first-order valence-electron chi connectivity index (χ1n) is 5.33. The molecule has 0 aliphatic carbocycles. The van der Waals surface area contributed by atoms with Crippen LogP contribution in [-0.2, 0) is 4.79 Å². The van der Waals surface area contributed by atoms with Crippen LogP contribution >= 0.6 is 12.6 Å². The molecule has 1 rings (SSSR count). The molecular weight excluding hydrogens is 212 g/mol. The molecule has 86 valence electrons. The van der Waals surface area contributed by atoms with Crippen LogP contribution in [0.15, 0.2) is 0 Å². The normalized spacial score (nSPS) is 16.7. The number of rotatable bonds is 6. The second kappa shape index (κ2) is 6.00. The fourth-order valence-corrected chi connectivity index (χ4v) is 1.85. The molecule has 5 heteroatoms. The summed E-state index contributed by atoms with van der Waals surface area (Å²) in [4.78, 5) is 25.6. The number of imide groups is 1. The Morgan fingerprint density at radius 1 is 1.20 bits per heavy atom. The average molecular weight is 230 g/mol. The number of likely N-dealkylation sites (N-methyl/N-ethyl adjacent to an activating group) is 1. The van der Waals surface area contributed by atoms with E-state index >= 15 is 0 Å². The molecule has 0 atom stereocenters. The summed E-state index contributed by atoms with van der Waals surface area (Å²) < 4.78 is 0. The molecule has 0 N–H and O–H groups in total. The minimum Gasteiger partial charge on any atom is -0.318 e. The van der Waals surface area contributed by atoms with E-state index in [9.17, 15) is 9.59 Å². The van der Waals surface area contributed by atoms with Crippen LogP contribution in [0.2, 0.25) is 0 Å². The van der Waals surface area contributed by atoms with Gasteiger partial charge in [0.25, 0.3) is 0 Å². The largest absolute Gasteiger partial charge is 0.326 e. The third kappa shape index (κ3) is 3.41. The number of urea groups is 1. The Bertz CT molecular complexity index is 246. The Balaban J connectivity index is 2.21. The number of carbonyl (C=O) groups excluding carboxylic acids is 2. The van der Waals surface area contributed by atoms with Crippen LogP contribution in [-0.4, -0.2) is 47.6 Å². The number of thiol groups is 1. The van der Waals surface area contributed by atoms with Crippen LogP contribution in [0.4, 0.5) is 4.79 Å². The number of unbranched alkanes of at least 4 members (excludes halogenated alkanes) is 3. The summed E-state index contributed by atoms with van der Waals surface area (Å²) in [7, 11) is 1.65. The predicted molar refractivity (Wildman–Crippen MR) is 62.1 cm³/mol. The molecule has 1 aliphatic rings. The zero-order valence-electron chi connectivity index (χ0n) is 9.11. The monoisotopic (exact) mass is 230 g/mol. The van der Waals surface area contributed by atoms with E-state index in [1.807, 2.05) is 0 Å². The maximum atomic E-state index is 11.5. The zero-order chi connectivity index (χ0) is 11.3. The molecule has 0 spiro atoms. The van der Waals surface area contributed by atoms with E-state index in [0.717, 1.165) is 31.4 Å². The van der Waals surface area contributed by atoms with Crippen LogP contribution < -0.4 is 0 Å². The van der Waals surface area contributed by atoms with E-state index < -0.39 is 0 Å². The van der Waals surface area contributed by atoms with Crippen molar-refractivity contribution in [2.45, 2.75) is 25.7 Å². The molecule has 0 aromatic heterocycles. The number of carbonyl (C=O) groups is 2. The Morgan fingerprint density at radius 3 is 2.40 bits per heavy atom. The fourth-order valence-electron chi connectivity index (χ4n) is 1.62. The number of hydrogen-bond donors (Lipinski definition) is 1. The first kappa shape index (κ1) is 12.4. The quantitative estimate of drug-likeness (QED) is 0.425. The lowest BCUT2D eigenvalue weighted by Crippen LogP contribution is -2.32. The van der Waals surface area contributed by atoms with Gasteiger partial charge in [-0.05, 0) is 18.6 Å². The Morgan fingerprint density at radius 2 is 1.87 bits per heavy atom. The van der Waals surface area contributed by atoms with Crippen molar-refractivity contribution in [3.05, 3.63) is 0 Å². The lowest BCUT2D eigenvalue weighted by Gasteiger charge is -2.13. The summed E-state index contributed by atoms with van der Waals surface area (Å²) in [6.07, 6.45) is 4.18. The van der Waals surface area contributed by atoms with Crippen molar-refractivity contribution in [1.82, 2.24) is 9.80 Å². The van der Waals surface area contributed by atoms with Crippen molar-refractivity contribution in [3.8, 4) is 0 Å². The van der Waals surface area contributed by atoms with Crippen LogP contribution in [0.1, 0.15) is 25.7 Å². The van der Waals surface area contributed by atoms with E-state index in [1.165, 1.54) is 9.80 Å². The molecule has 0 saturated carbocycles. The molecule has 0 aromatic carbocycles. The van der Waals surface area contributed by atoms with Gasteiger partial charge in [-0.25, -0.2) is 4.79 Å². The molecule has 0 unspecified atom stereocenters. The Labute approximate surface area is 96.0 Å². The van der Waals surface area contributed by atoms with Gasteiger partial charge in [-0.1, -0.05) is 12.8 Å². The SMILES string of the molecule is CN1CC(=O)N(CCCCCCS)C1=O. The highest BCUT2D eigenvalue weighted by atomic mass is 32.1. The highest BCUT2D eigenvalue weighted by Crippen LogP contribution is 2.10. The average Bonchev–Trinajstić information content (AvgIpc) is 2.44. The van der Waals surface area contributed by atoms with E-state index in [1.54, 1.807) is 7.05 Å². The highest BCUT2D eigenvalue weighted by Gasteiger charge is 2.32. The van der Waals surface area contributed by atoms with Gasteiger partial charge in [0.1, 0.15) is 6.54 Å². The zero-order valence-corrected chi connectivity index (χ0v) is 10.0. The third-order valence-corrected chi connectivity index (χ3v) is 2.84. The van der Waals surface area contributed by atoms with Gasteiger partial charge in [0, 0.05) is 13.6 Å². The van der Waals surface area contributed by atoms with Gasteiger partial charge >= 0.3 is 6.03 Å². The van der Waals surface area contributed by atoms with Crippen molar-refractivity contribution >= 4 is 24.6 Å². The van der Waals surface area contributed by atoms with Crippen molar-refractivity contribution in [2.75, 3.05) is 25.9 Å². The first-order chi connectivity index (χ1) is 7.16. The van der Waals surface area contributed by atoms with Gasteiger partial charge in [0.15, 0.2) is 0 Å². The van der Waals surface area contributed by atoms with Crippen LogP contribution in [0.3, 0.4) is 0 Å². The second-order valence-electron chi connectivity index (χ2n) is 3.82. The van der Waals surface area contributed by atoms with Gasteiger partial charge < -0.3 is 4.90 Å². The summed E-state index contributed by atoms with van der Waals surface area (Å²) >= 11 is 4.13. The van der Waals surface area contributed by atoms with Crippen LogP contribution in [0, 0.1) is 0 Å². The lowest BCUT2D eigenvalue weighted by molar-refractivity contribution is -0.125. The number of hydrogen-bond acceptors (Lipinski definition) is 3. The highest BCUT2D eigenvalue weighted by molar-refractivity contribution is 7.80. The minimum absolute atomic E-state index is 0.0725. The lowest BCUT2D eigenvalue weighted by atomic mass is 10.2. The van der Waals surface area contributed by atoms with Crippen LogP contribution in [0.5, 0.6) is 0 Å². The van der Waals surface area contributed by atoms with Crippen molar-refractivity contribution in [1.29, 1.82) is 0 Å². The van der Waals surface area contributed by atoms with E-state index in [4.69, 9.17) is 0 Å². The summed E-state index contributed by atoms with van der Waals surface area (Å²) in [6, 6.07) is -0.158. The molecule has 3 amide bonds. The first-order valence-corrected chi connectivity index (χ1v) is 5.96. The van der Waals surface area contributed by atoms with Gasteiger partial charge in [0.2, 0.25) is 5.91 Å². The maximum absolute atomic E-state index is 11.5. The molecular formula is C10H18N2O2S. The molecule has 1 saturated heterocycles. The van der Waals surface area contributed by atoms with E-state index in [0.29, 0.717) is 6.54 Å². The van der Waals surface area contributed by atoms with Crippen molar-refractivity contribution in [2.24, 2.45) is 0 Å².